The van der Waals surface area contributed by atoms with Crippen LogP contribution in [0.4, 0.5) is 4.79 Å². The lowest BCUT2D eigenvalue weighted by molar-refractivity contribution is 0.147. The van der Waals surface area contributed by atoms with E-state index in [1.807, 2.05) is 6.92 Å². The zero-order valence-corrected chi connectivity index (χ0v) is 5.18. The normalized spacial score (nSPS) is 8.25. The molecular formula is C5H10NO2. The van der Waals surface area contributed by atoms with E-state index in [-0.39, 0.29) is 0 Å². The van der Waals surface area contributed by atoms with E-state index in [4.69, 9.17) is 0 Å². The van der Waals surface area contributed by atoms with Gasteiger partial charge in [-0.1, -0.05) is 6.92 Å². The van der Waals surface area contributed by atoms with E-state index in [1.54, 1.807) is 0 Å². The fraction of sp³-hybridized carbons (Fsp3) is 0.800. The molecule has 1 radical (unpaired) electrons. The SMILES string of the molecule is CCCOC(=O)[N]C. The second-order valence-electron chi connectivity index (χ2n) is 1.34. The maximum atomic E-state index is 10.2. The molecule has 3 heteroatoms. The van der Waals surface area contributed by atoms with Crippen molar-refractivity contribution in [2.24, 2.45) is 0 Å². The summed E-state index contributed by atoms with van der Waals surface area (Å²) in [5, 5.41) is 3.26. The molecule has 47 valence electrons. The van der Waals surface area contributed by atoms with E-state index < -0.39 is 6.09 Å². The van der Waals surface area contributed by atoms with Gasteiger partial charge in [-0.15, -0.1) is 0 Å². The average Bonchev–Trinajstić information content (AvgIpc) is 1.83. The summed E-state index contributed by atoms with van der Waals surface area (Å²) in [6, 6.07) is 0. The minimum atomic E-state index is -0.480. The van der Waals surface area contributed by atoms with Crippen LogP contribution in [0.1, 0.15) is 13.3 Å². The highest BCUT2D eigenvalue weighted by Crippen LogP contribution is 1.80. The van der Waals surface area contributed by atoms with Crippen LogP contribution in [0, 0.1) is 0 Å². The Morgan fingerprint density at radius 2 is 2.38 bits per heavy atom. The number of ether oxygens (including phenoxy) is 1. The Labute approximate surface area is 49.0 Å². The molecule has 0 rings (SSSR count). The lowest BCUT2D eigenvalue weighted by atomic mass is 10.5. The summed E-state index contributed by atoms with van der Waals surface area (Å²) in [4.78, 5) is 10.2. The van der Waals surface area contributed by atoms with E-state index in [1.165, 1.54) is 7.05 Å². The molecule has 3 nitrogen and oxygen atoms in total. The first kappa shape index (κ1) is 7.27. The molecule has 0 aromatic carbocycles. The van der Waals surface area contributed by atoms with Crippen molar-refractivity contribution in [1.82, 2.24) is 5.32 Å². The zero-order valence-electron chi connectivity index (χ0n) is 5.18. The first-order valence-corrected chi connectivity index (χ1v) is 2.57. The number of hydrogen-bond donors (Lipinski definition) is 0. The van der Waals surface area contributed by atoms with Gasteiger partial charge in [0.1, 0.15) is 0 Å². The van der Waals surface area contributed by atoms with Crippen molar-refractivity contribution in [3.63, 3.8) is 0 Å². The number of carbonyl (C=O) groups excluding carboxylic acids is 1. The highest BCUT2D eigenvalue weighted by atomic mass is 16.5. The molecular weight excluding hydrogens is 106 g/mol. The molecule has 0 bridgehead atoms. The van der Waals surface area contributed by atoms with Crippen molar-refractivity contribution in [2.75, 3.05) is 13.7 Å². The molecule has 0 aromatic rings. The molecule has 0 fully saturated rings. The Morgan fingerprint density at radius 3 is 2.75 bits per heavy atom. The van der Waals surface area contributed by atoms with Gasteiger partial charge < -0.3 is 4.74 Å². The summed E-state index contributed by atoms with van der Waals surface area (Å²) >= 11 is 0. The van der Waals surface area contributed by atoms with Gasteiger partial charge in [-0.3, -0.25) is 0 Å². The Hall–Kier alpha value is -0.730. The van der Waals surface area contributed by atoms with Crippen molar-refractivity contribution >= 4 is 6.09 Å². The van der Waals surface area contributed by atoms with Gasteiger partial charge >= 0.3 is 6.09 Å². The molecule has 0 heterocycles. The van der Waals surface area contributed by atoms with Crippen LogP contribution in [0.15, 0.2) is 0 Å². The predicted molar refractivity (Wildman–Crippen MR) is 29.7 cm³/mol. The van der Waals surface area contributed by atoms with Crippen molar-refractivity contribution < 1.29 is 9.53 Å². The largest absolute Gasteiger partial charge is 0.448 e. The fourth-order valence-electron chi connectivity index (χ4n) is 0.254. The van der Waals surface area contributed by atoms with Gasteiger partial charge in [-0.2, -0.15) is 0 Å². The van der Waals surface area contributed by atoms with E-state index >= 15 is 0 Å². The van der Waals surface area contributed by atoms with E-state index in [0.717, 1.165) is 6.42 Å². The van der Waals surface area contributed by atoms with Gasteiger partial charge in [-0.25, -0.2) is 10.1 Å². The van der Waals surface area contributed by atoms with Crippen molar-refractivity contribution in [3.8, 4) is 0 Å². The first-order chi connectivity index (χ1) is 3.81. The molecule has 0 unspecified atom stereocenters. The van der Waals surface area contributed by atoms with E-state index in [2.05, 4.69) is 10.1 Å². The van der Waals surface area contributed by atoms with Crippen molar-refractivity contribution in [1.29, 1.82) is 0 Å². The molecule has 0 aromatic heterocycles. The van der Waals surface area contributed by atoms with Gasteiger partial charge in [0.15, 0.2) is 0 Å². The molecule has 0 aliphatic rings. The standard InChI is InChI=1S/C5H10NO2/c1-3-4-8-5(7)6-2/h3-4H2,1-2H3. The Kier molecular flexibility index (Phi) is 4.03. The highest BCUT2D eigenvalue weighted by molar-refractivity contribution is 5.66. The molecule has 0 aliphatic carbocycles. The Balaban J connectivity index is 2.99. The minimum Gasteiger partial charge on any atom is -0.448 e. The monoisotopic (exact) mass is 116 g/mol. The topological polar surface area (TPSA) is 40.4 Å². The van der Waals surface area contributed by atoms with Crippen LogP contribution in [0.2, 0.25) is 0 Å². The maximum Gasteiger partial charge on any atom is 0.428 e. The van der Waals surface area contributed by atoms with E-state index in [0.29, 0.717) is 6.61 Å². The van der Waals surface area contributed by atoms with Crippen LogP contribution >= 0.6 is 0 Å². The summed E-state index contributed by atoms with van der Waals surface area (Å²) in [6.45, 7) is 2.40. The number of nitrogens with zero attached hydrogens (tertiary/aromatic N) is 1. The van der Waals surface area contributed by atoms with Crippen LogP contribution in [-0.4, -0.2) is 19.7 Å². The average molecular weight is 116 g/mol. The third kappa shape index (κ3) is 3.46. The van der Waals surface area contributed by atoms with Crippen LogP contribution < -0.4 is 5.32 Å². The van der Waals surface area contributed by atoms with Crippen LogP contribution in [0.3, 0.4) is 0 Å². The third-order valence-electron chi connectivity index (χ3n) is 0.612. The highest BCUT2D eigenvalue weighted by Gasteiger charge is 1.94. The molecule has 0 spiro atoms. The predicted octanol–water partition coefficient (Wildman–Crippen LogP) is 0.767. The smallest absolute Gasteiger partial charge is 0.428 e. The van der Waals surface area contributed by atoms with Gasteiger partial charge in [-0.05, 0) is 6.42 Å². The van der Waals surface area contributed by atoms with Gasteiger partial charge in [0.25, 0.3) is 0 Å². The second kappa shape index (κ2) is 4.43. The lowest BCUT2D eigenvalue weighted by Gasteiger charge is -1.96. The molecule has 8 heavy (non-hydrogen) atoms. The van der Waals surface area contributed by atoms with Gasteiger partial charge in [0, 0.05) is 7.05 Å². The number of carbonyl (C=O) groups is 1. The maximum absolute atomic E-state index is 10.2. The van der Waals surface area contributed by atoms with Crippen LogP contribution in [-0.2, 0) is 4.74 Å². The lowest BCUT2D eigenvalue weighted by Crippen LogP contribution is -2.12. The van der Waals surface area contributed by atoms with Crippen molar-refractivity contribution in [3.05, 3.63) is 0 Å². The summed E-state index contributed by atoms with van der Waals surface area (Å²) in [5.41, 5.74) is 0. The zero-order chi connectivity index (χ0) is 6.41. The minimum absolute atomic E-state index is 0.468. The Morgan fingerprint density at radius 1 is 1.75 bits per heavy atom. The van der Waals surface area contributed by atoms with Crippen molar-refractivity contribution in [2.45, 2.75) is 13.3 Å². The summed E-state index contributed by atoms with van der Waals surface area (Å²) < 4.78 is 4.53. The molecule has 0 N–H and O–H groups in total. The van der Waals surface area contributed by atoms with Crippen LogP contribution in [0.25, 0.3) is 0 Å². The summed E-state index contributed by atoms with van der Waals surface area (Å²) in [5.74, 6) is 0. The number of hydrogen-bond acceptors (Lipinski definition) is 2. The van der Waals surface area contributed by atoms with Gasteiger partial charge in [0.05, 0.1) is 6.61 Å². The quantitative estimate of drug-likeness (QED) is 0.534. The molecule has 0 saturated heterocycles. The second-order valence-corrected chi connectivity index (χ2v) is 1.34. The Bertz CT molecular complexity index is 72.8. The fourth-order valence-corrected chi connectivity index (χ4v) is 0.254. The number of amides is 1. The first-order valence-electron chi connectivity index (χ1n) is 2.57. The summed E-state index contributed by atoms with van der Waals surface area (Å²) in [6.07, 6.45) is 0.369. The third-order valence-corrected chi connectivity index (χ3v) is 0.612. The molecule has 0 atom stereocenters. The molecule has 1 amide bonds. The van der Waals surface area contributed by atoms with Crippen LogP contribution in [0.5, 0.6) is 0 Å². The van der Waals surface area contributed by atoms with E-state index in [9.17, 15) is 4.79 Å². The molecule has 0 saturated carbocycles. The summed E-state index contributed by atoms with van der Waals surface area (Å²) in [7, 11) is 1.41. The number of rotatable bonds is 2. The van der Waals surface area contributed by atoms with Gasteiger partial charge in [0.2, 0.25) is 0 Å². The molecule has 0 aliphatic heterocycles.